The molecule has 0 bridgehead atoms. The molecule has 3 rings (SSSR count). The fourth-order valence-electron chi connectivity index (χ4n) is 2.77. The van der Waals surface area contributed by atoms with E-state index in [0.717, 1.165) is 18.7 Å². The molecule has 1 aliphatic rings. The molecule has 0 radical (unpaired) electrons. The van der Waals surface area contributed by atoms with E-state index in [1.54, 1.807) is 18.2 Å². The minimum Gasteiger partial charge on any atom is -0.379 e. The summed E-state index contributed by atoms with van der Waals surface area (Å²) in [6.07, 6.45) is 0. The Hall–Kier alpha value is -1.47. The zero-order valence-electron chi connectivity index (χ0n) is 13.0. The van der Waals surface area contributed by atoms with Gasteiger partial charge < -0.3 is 10.1 Å². The lowest BCUT2D eigenvalue weighted by atomic mass is 10.0. The van der Waals surface area contributed by atoms with Gasteiger partial charge in [-0.05, 0) is 29.8 Å². The maximum Gasteiger partial charge on any atom is 0.261 e. The van der Waals surface area contributed by atoms with Gasteiger partial charge in [-0.2, -0.15) is 0 Å². The summed E-state index contributed by atoms with van der Waals surface area (Å²) in [5.74, 6) is -0.441. The zero-order chi connectivity index (χ0) is 16.9. The fourth-order valence-corrected chi connectivity index (χ4v) is 3.73. The molecule has 0 aliphatic carbocycles. The Balaban J connectivity index is 1.73. The third-order valence-corrected chi connectivity index (χ3v) is 5.20. The monoisotopic (exact) mass is 368 g/mol. The van der Waals surface area contributed by atoms with Crippen molar-refractivity contribution in [2.75, 3.05) is 32.8 Å². The fraction of sp³-hybridized carbons (Fsp3) is 0.353. The maximum atomic E-state index is 13.6. The first-order valence-electron chi connectivity index (χ1n) is 7.74. The van der Waals surface area contributed by atoms with Crippen LogP contribution in [0.15, 0.2) is 36.4 Å². The standard InChI is InChI=1S/C17H18ClFN2O2S/c18-16-5-4-15(24-16)17(22)20-11-14(21-6-8-23-9-7-21)12-2-1-3-13(19)10-12/h1-5,10,14H,6-9,11H2,(H,20,22). The predicted molar refractivity (Wildman–Crippen MR) is 93.2 cm³/mol. The van der Waals surface area contributed by atoms with E-state index in [9.17, 15) is 9.18 Å². The highest BCUT2D eigenvalue weighted by molar-refractivity contribution is 7.17. The van der Waals surface area contributed by atoms with Gasteiger partial charge in [0.05, 0.1) is 28.5 Å². The number of nitrogens with one attached hydrogen (secondary N) is 1. The predicted octanol–water partition coefficient (Wildman–Crippen LogP) is 3.34. The SMILES string of the molecule is O=C(NCC(c1cccc(F)c1)N1CCOCC1)c1ccc(Cl)s1. The Morgan fingerprint density at radius 1 is 1.33 bits per heavy atom. The number of morpholine rings is 1. The average Bonchev–Trinajstić information content (AvgIpc) is 3.02. The van der Waals surface area contributed by atoms with E-state index in [0.29, 0.717) is 29.0 Å². The summed E-state index contributed by atoms with van der Waals surface area (Å²) < 4.78 is 19.6. The molecule has 128 valence electrons. The van der Waals surface area contributed by atoms with E-state index >= 15 is 0 Å². The number of carbonyl (C=O) groups excluding carboxylic acids is 1. The Morgan fingerprint density at radius 2 is 2.12 bits per heavy atom. The second kappa shape index (κ2) is 8.07. The molecule has 0 saturated carbocycles. The Morgan fingerprint density at radius 3 is 2.79 bits per heavy atom. The third kappa shape index (κ3) is 4.33. The molecule has 1 N–H and O–H groups in total. The van der Waals surface area contributed by atoms with Gasteiger partial charge in [0.25, 0.3) is 5.91 Å². The van der Waals surface area contributed by atoms with Crippen LogP contribution >= 0.6 is 22.9 Å². The van der Waals surface area contributed by atoms with Gasteiger partial charge in [-0.3, -0.25) is 9.69 Å². The summed E-state index contributed by atoms with van der Waals surface area (Å²) in [5, 5.41) is 2.94. The smallest absolute Gasteiger partial charge is 0.261 e. The van der Waals surface area contributed by atoms with Crippen molar-refractivity contribution in [3.8, 4) is 0 Å². The number of nitrogens with zero attached hydrogens (tertiary/aromatic N) is 1. The highest BCUT2D eigenvalue weighted by Crippen LogP contribution is 2.24. The molecule has 4 nitrogen and oxygen atoms in total. The van der Waals surface area contributed by atoms with E-state index in [-0.39, 0.29) is 17.8 Å². The average molecular weight is 369 g/mol. The van der Waals surface area contributed by atoms with Gasteiger partial charge in [-0.1, -0.05) is 23.7 Å². The van der Waals surface area contributed by atoms with Gasteiger partial charge in [-0.25, -0.2) is 4.39 Å². The minimum atomic E-state index is -0.276. The Labute approximate surface area is 149 Å². The summed E-state index contributed by atoms with van der Waals surface area (Å²) in [7, 11) is 0. The second-order valence-electron chi connectivity index (χ2n) is 5.53. The molecule has 7 heteroatoms. The van der Waals surface area contributed by atoms with Crippen molar-refractivity contribution in [1.29, 1.82) is 0 Å². The van der Waals surface area contributed by atoms with Crippen molar-refractivity contribution in [2.24, 2.45) is 0 Å². The number of thiophene rings is 1. The number of ether oxygens (including phenoxy) is 1. The molecule has 1 aromatic heterocycles. The van der Waals surface area contributed by atoms with Crippen molar-refractivity contribution in [3.63, 3.8) is 0 Å². The third-order valence-electron chi connectivity index (χ3n) is 3.97. The molecule has 0 spiro atoms. The van der Waals surface area contributed by atoms with Gasteiger partial charge in [-0.15, -0.1) is 11.3 Å². The number of amides is 1. The normalized spacial score (nSPS) is 16.8. The van der Waals surface area contributed by atoms with Crippen molar-refractivity contribution >= 4 is 28.8 Å². The molecule has 2 heterocycles. The highest BCUT2D eigenvalue weighted by Gasteiger charge is 2.24. The van der Waals surface area contributed by atoms with Crippen LogP contribution in [0, 0.1) is 5.82 Å². The van der Waals surface area contributed by atoms with E-state index in [2.05, 4.69) is 10.2 Å². The van der Waals surface area contributed by atoms with Crippen molar-refractivity contribution in [1.82, 2.24) is 10.2 Å². The minimum absolute atomic E-state index is 0.0935. The van der Waals surface area contributed by atoms with Crippen molar-refractivity contribution in [3.05, 3.63) is 57.0 Å². The summed E-state index contributed by atoms with van der Waals surface area (Å²) in [6, 6.07) is 9.84. The molecule has 1 atom stereocenters. The van der Waals surface area contributed by atoms with Crippen molar-refractivity contribution in [2.45, 2.75) is 6.04 Å². The summed E-state index contributed by atoms with van der Waals surface area (Å²) >= 11 is 7.12. The molecular weight excluding hydrogens is 351 g/mol. The zero-order valence-corrected chi connectivity index (χ0v) is 14.6. The first-order valence-corrected chi connectivity index (χ1v) is 8.94. The highest BCUT2D eigenvalue weighted by atomic mass is 35.5. The quantitative estimate of drug-likeness (QED) is 0.880. The molecule has 1 aliphatic heterocycles. The summed E-state index contributed by atoms with van der Waals surface area (Å²) in [5.41, 5.74) is 0.849. The topological polar surface area (TPSA) is 41.6 Å². The number of hydrogen-bond acceptors (Lipinski definition) is 4. The number of hydrogen-bond donors (Lipinski definition) is 1. The lowest BCUT2D eigenvalue weighted by Gasteiger charge is -2.34. The number of halogens is 2. The Bertz CT molecular complexity index is 703. The molecule has 2 aromatic rings. The van der Waals surface area contributed by atoms with Crippen LogP contribution in [0.2, 0.25) is 4.34 Å². The molecule has 1 unspecified atom stereocenters. The van der Waals surface area contributed by atoms with Crippen LogP contribution in [0.4, 0.5) is 4.39 Å². The molecular formula is C17H18ClFN2O2S. The second-order valence-corrected chi connectivity index (χ2v) is 7.25. The number of carbonyl (C=O) groups is 1. The van der Waals surface area contributed by atoms with Crippen LogP contribution in [0.3, 0.4) is 0 Å². The van der Waals surface area contributed by atoms with Crippen molar-refractivity contribution < 1.29 is 13.9 Å². The van der Waals surface area contributed by atoms with E-state index in [1.165, 1.54) is 23.5 Å². The maximum absolute atomic E-state index is 13.6. The number of benzene rings is 1. The van der Waals surface area contributed by atoms with E-state index in [1.807, 2.05) is 6.07 Å². The summed E-state index contributed by atoms with van der Waals surface area (Å²) in [4.78, 5) is 15.0. The largest absolute Gasteiger partial charge is 0.379 e. The van der Waals surface area contributed by atoms with Crippen LogP contribution in [0.5, 0.6) is 0 Å². The van der Waals surface area contributed by atoms with Gasteiger partial charge in [0, 0.05) is 19.6 Å². The van der Waals surface area contributed by atoms with E-state index < -0.39 is 0 Å². The molecule has 1 amide bonds. The van der Waals surface area contributed by atoms with Crippen LogP contribution in [0.1, 0.15) is 21.3 Å². The summed E-state index contributed by atoms with van der Waals surface area (Å²) in [6.45, 7) is 3.18. The van der Waals surface area contributed by atoms with Gasteiger partial charge in [0.2, 0.25) is 0 Å². The van der Waals surface area contributed by atoms with Crippen LogP contribution in [0.25, 0.3) is 0 Å². The van der Waals surface area contributed by atoms with Gasteiger partial charge in [0.1, 0.15) is 5.82 Å². The lowest BCUT2D eigenvalue weighted by molar-refractivity contribution is 0.0162. The van der Waals surface area contributed by atoms with Gasteiger partial charge >= 0.3 is 0 Å². The van der Waals surface area contributed by atoms with E-state index in [4.69, 9.17) is 16.3 Å². The van der Waals surface area contributed by atoms with Crippen LogP contribution in [-0.2, 0) is 4.74 Å². The van der Waals surface area contributed by atoms with Gasteiger partial charge in [0.15, 0.2) is 0 Å². The molecule has 1 aromatic carbocycles. The lowest BCUT2D eigenvalue weighted by Crippen LogP contribution is -2.43. The first kappa shape index (κ1) is 17.4. The first-order chi connectivity index (χ1) is 11.6. The molecule has 1 fully saturated rings. The molecule has 1 saturated heterocycles. The number of rotatable bonds is 5. The van der Waals surface area contributed by atoms with Crippen LogP contribution < -0.4 is 5.32 Å². The molecule has 24 heavy (non-hydrogen) atoms. The van der Waals surface area contributed by atoms with Crippen LogP contribution in [-0.4, -0.2) is 43.7 Å². The Kier molecular flexibility index (Phi) is 5.84.